The van der Waals surface area contributed by atoms with Gasteiger partial charge in [0.15, 0.2) is 0 Å². The molecule has 1 heterocycles. The molecule has 2 aromatic carbocycles. The van der Waals surface area contributed by atoms with Gasteiger partial charge in [-0.15, -0.1) is 13.2 Å². The average molecular weight is 555 g/mol. The second-order valence-corrected chi connectivity index (χ2v) is 8.47. The molecule has 0 radical (unpaired) electrons. The molecule has 3 aromatic rings. The van der Waals surface area contributed by atoms with Crippen LogP contribution in [-0.2, 0) is 19.6 Å². The Morgan fingerprint density at radius 2 is 1.79 bits per heavy atom. The second-order valence-electron chi connectivity index (χ2n) is 8.03. The number of aliphatic hydroxyl groups excluding tert-OH is 1. The minimum atomic E-state index is -4.89. The molecule has 0 atom stereocenters. The number of anilines is 1. The van der Waals surface area contributed by atoms with Crippen LogP contribution in [0.15, 0.2) is 63.1 Å². The fraction of sp³-hybridized carbons (Fsp3) is 0.320. The van der Waals surface area contributed by atoms with Crippen molar-refractivity contribution in [3.63, 3.8) is 0 Å². The molecule has 3 rings (SSSR count). The van der Waals surface area contributed by atoms with Crippen LogP contribution in [0, 0.1) is 6.92 Å². The van der Waals surface area contributed by atoms with Gasteiger partial charge >= 0.3 is 12.1 Å². The Kier molecular flexibility index (Phi) is 9.59. The highest BCUT2D eigenvalue weighted by Gasteiger charge is 2.31. The Bertz CT molecular complexity index is 1400. The molecule has 204 valence electrons. The Balaban J connectivity index is 2.02. The number of aromatic nitrogens is 2. The van der Waals surface area contributed by atoms with Crippen molar-refractivity contribution in [3.8, 4) is 11.5 Å². The number of nitrogens with zero attached hydrogens (tertiary/aromatic N) is 3. The molecule has 0 unspecified atom stereocenters. The molecule has 0 aliphatic carbocycles. The van der Waals surface area contributed by atoms with E-state index in [1.54, 1.807) is 31.2 Å². The molecule has 38 heavy (non-hydrogen) atoms. The third-order valence-electron chi connectivity index (χ3n) is 5.31. The lowest BCUT2D eigenvalue weighted by Gasteiger charge is -2.19. The van der Waals surface area contributed by atoms with Crippen LogP contribution in [0.3, 0.4) is 0 Å². The number of nitrogens with one attached hydrogen (secondary N) is 1. The van der Waals surface area contributed by atoms with Crippen LogP contribution in [0.1, 0.15) is 24.5 Å². The average Bonchev–Trinajstić information content (AvgIpc) is 2.86. The number of hydrogen-bond acceptors (Lipinski definition) is 6. The van der Waals surface area contributed by atoms with Crippen LogP contribution in [0.5, 0.6) is 11.5 Å². The molecule has 0 amide bonds. The largest absolute Gasteiger partial charge is 0.573 e. The zero-order valence-corrected chi connectivity index (χ0v) is 21.3. The van der Waals surface area contributed by atoms with Crippen molar-refractivity contribution in [3.05, 3.63) is 85.5 Å². The topological polar surface area (TPSA) is 107 Å². The molecule has 9 nitrogen and oxygen atoms in total. The Morgan fingerprint density at radius 3 is 2.42 bits per heavy atom. The van der Waals surface area contributed by atoms with Gasteiger partial charge in [-0.05, 0) is 50.1 Å². The fourth-order valence-electron chi connectivity index (χ4n) is 3.51. The third kappa shape index (κ3) is 7.62. The maximum absolute atomic E-state index is 13.0. The van der Waals surface area contributed by atoms with Gasteiger partial charge in [-0.2, -0.15) is 0 Å². The first-order valence-corrected chi connectivity index (χ1v) is 11.9. The van der Waals surface area contributed by atoms with E-state index in [4.69, 9.17) is 21.4 Å². The number of benzene rings is 2. The molecular weight excluding hydrogens is 529 g/mol. The van der Waals surface area contributed by atoms with E-state index in [0.29, 0.717) is 5.02 Å². The zero-order valence-electron chi connectivity index (χ0n) is 20.6. The molecule has 0 saturated heterocycles. The maximum atomic E-state index is 13.0. The van der Waals surface area contributed by atoms with Crippen molar-refractivity contribution in [2.45, 2.75) is 46.3 Å². The maximum Gasteiger partial charge on any atom is 0.573 e. The minimum Gasteiger partial charge on any atom is -0.426 e. The van der Waals surface area contributed by atoms with E-state index >= 15 is 0 Å². The molecule has 13 heteroatoms. The number of halogens is 4. The predicted molar refractivity (Wildman–Crippen MR) is 137 cm³/mol. The fourth-order valence-corrected chi connectivity index (χ4v) is 3.64. The van der Waals surface area contributed by atoms with E-state index in [-0.39, 0.29) is 55.8 Å². The molecule has 1 aromatic heterocycles. The summed E-state index contributed by atoms with van der Waals surface area (Å²) >= 11 is 5.93. The van der Waals surface area contributed by atoms with E-state index < -0.39 is 23.4 Å². The van der Waals surface area contributed by atoms with Crippen LogP contribution in [0.25, 0.3) is 0 Å². The summed E-state index contributed by atoms with van der Waals surface area (Å²) in [5.41, 5.74) is -0.234. The smallest absolute Gasteiger partial charge is 0.426 e. The molecule has 0 bridgehead atoms. The number of amidine groups is 1. The Morgan fingerprint density at radius 1 is 1.11 bits per heavy atom. The van der Waals surface area contributed by atoms with E-state index in [9.17, 15) is 22.8 Å². The summed E-state index contributed by atoms with van der Waals surface area (Å²) < 4.78 is 50.1. The number of aliphatic imine (C=N–C) groups is 1. The molecule has 0 spiro atoms. The number of rotatable bonds is 9. The summed E-state index contributed by atoms with van der Waals surface area (Å²) in [6.07, 6.45) is -4.67. The standard InChI is InChI=1S/C25H26ClF3N4O5/c1-3-32-21(16(2)22(35)33(24(32)36)12-5-13-34)31-23(30-15-17-8-10-18(26)11-9-17)37-19-6-4-7-20(14-19)38-25(27,28)29/h4,6-11,14,34H,3,5,12-13,15H2,1-2H3,(H,30,31). The molecular formula is C25H26ClF3N4O5. The summed E-state index contributed by atoms with van der Waals surface area (Å²) in [5.74, 6) is -0.422. The summed E-state index contributed by atoms with van der Waals surface area (Å²) in [6, 6.07) is 11.5. The quantitative estimate of drug-likeness (QED) is 0.301. The Hall–Kier alpha value is -3.77. The molecule has 2 N–H and O–H groups in total. The summed E-state index contributed by atoms with van der Waals surface area (Å²) in [6.45, 7) is 3.33. The van der Waals surface area contributed by atoms with Gasteiger partial charge in [-0.25, -0.2) is 9.79 Å². The first kappa shape index (κ1) is 28.8. The normalized spacial score (nSPS) is 11.9. The van der Waals surface area contributed by atoms with Crippen LogP contribution < -0.4 is 26.0 Å². The lowest BCUT2D eigenvalue weighted by Crippen LogP contribution is -2.43. The van der Waals surface area contributed by atoms with Crippen molar-refractivity contribution in [1.29, 1.82) is 0 Å². The van der Waals surface area contributed by atoms with Gasteiger partial charge in [-0.3, -0.25) is 19.2 Å². The van der Waals surface area contributed by atoms with E-state index in [2.05, 4.69) is 15.0 Å². The van der Waals surface area contributed by atoms with Gasteiger partial charge < -0.3 is 14.6 Å². The number of alkyl halides is 3. The van der Waals surface area contributed by atoms with Crippen LogP contribution in [-0.4, -0.2) is 33.2 Å². The molecule has 0 aliphatic rings. The highest BCUT2D eigenvalue weighted by Crippen LogP contribution is 2.26. The third-order valence-corrected chi connectivity index (χ3v) is 5.56. The minimum absolute atomic E-state index is 0.0338. The van der Waals surface area contributed by atoms with Gasteiger partial charge in [0.2, 0.25) is 0 Å². The highest BCUT2D eigenvalue weighted by atomic mass is 35.5. The van der Waals surface area contributed by atoms with Crippen LogP contribution in [0.2, 0.25) is 5.02 Å². The monoisotopic (exact) mass is 554 g/mol. The SMILES string of the molecule is CCn1c(NC(=NCc2ccc(Cl)cc2)Oc2cccc(OC(F)(F)F)c2)c(C)c(=O)n(CCCO)c1=O. The molecule has 0 aliphatic heterocycles. The second kappa shape index (κ2) is 12.7. The summed E-state index contributed by atoms with van der Waals surface area (Å²) in [5, 5.41) is 12.5. The number of aliphatic hydroxyl groups is 1. The van der Waals surface area contributed by atoms with Crippen LogP contribution in [0.4, 0.5) is 19.0 Å². The van der Waals surface area contributed by atoms with Crippen molar-refractivity contribution in [1.82, 2.24) is 9.13 Å². The number of hydrogen-bond donors (Lipinski definition) is 2. The van der Waals surface area contributed by atoms with E-state index in [1.165, 1.54) is 23.6 Å². The van der Waals surface area contributed by atoms with Crippen LogP contribution >= 0.6 is 11.6 Å². The van der Waals surface area contributed by atoms with Gasteiger partial charge in [0, 0.05) is 30.8 Å². The van der Waals surface area contributed by atoms with Gasteiger partial charge in [0.05, 0.1) is 12.1 Å². The molecule has 0 fully saturated rings. The Labute approximate surface area is 220 Å². The van der Waals surface area contributed by atoms with E-state index in [0.717, 1.165) is 22.3 Å². The van der Waals surface area contributed by atoms with Crippen molar-refractivity contribution >= 4 is 23.4 Å². The first-order valence-electron chi connectivity index (χ1n) is 11.6. The lowest BCUT2D eigenvalue weighted by molar-refractivity contribution is -0.274. The van der Waals surface area contributed by atoms with Gasteiger partial charge in [0.1, 0.15) is 17.3 Å². The van der Waals surface area contributed by atoms with Crippen molar-refractivity contribution < 1.29 is 27.8 Å². The lowest BCUT2D eigenvalue weighted by atomic mass is 10.2. The van der Waals surface area contributed by atoms with Gasteiger partial charge in [0.25, 0.3) is 11.6 Å². The highest BCUT2D eigenvalue weighted by molar-refractivity contribution is 6.30. The number of ether oxygens (including phenoxy) is 2. The van der Waals surface area contributed by atoms with E-state index in [1.807, 2.05) is 0 Å². The van der Waals surface area contributed by atoms with Crippen molar-refractivity contribution in [2.75, 3.05) is 11.9 Å². The summed E-state index contributed by atoms with van der Waals surface area (Å²) in [4.78, 5) is 30.3. The molecule has 0 saturated carbocycles. The first-order chi connectivity index (χ1) is 18.0. The predicted octanol–water partition coefficient (Wildman–Crippen LogP) is 4.32. The zero-order chi connectivity index (χ0) is 27.9. The van der Waals surface area contributed by atoms with Gasteiger partial charge in [-0.1, -0.05) is 29.8 Å². The summed E-state index contributed by atoms with van der Waals surface area (Å²) in [7, 11) is 0. The van der Waals surface area contributed by atoms with Crippen molar-refractivity contribution in [2.24, 2.45) is 4.99 Å².